The van der Waals surface area contributed by atoms with Crippen LogP contribution in [0, 0.1) is 35.5 Å². The maximum absolute atomic E-state index is 13.9. The van der Waals surface area contributed by atoms with E-state index in [0.29, 0.717) is 12.0 Å². The molecule has 316 valence electrons. The van der Waals surface area contributed by atoms with Crippen molar-refractivity contribution in [1.29, 1.82) is 0 Å². The number of carbonyl (C=O) groups is 3. The monoisotopic (exact) mass is 786 g/mol. The number of esters is 3. The van der Waals surface area contributed by atoms with Crippen molar-refractivity contribution in [3.05, 3.63) is 71.6 Å². The average Bonchev–Trinajstić information content (AvgIpc) is 3.14. The molecule has 11 heteroatoms. The fourth-order valence-electron chi connectivity index (χ4n) is 7.73. The molecule has 0 bridgehead atoms. The third kappa shape index (κ3) is 13.9. The fraction of sp³-hybridized carbons (Fsp3) is 0.667. The van der Waals surface area contributed by atoms with E-state index >= 15 is 0 Å². The number of methoxy groups -OCH3 is 2. The van der Waals surface area contributed by atoms with E-state index in [9.17, 15) is 24.6 Å². The van der Waals surface area contributed by atoms with Gasteiger partial charge in [0.25, 0.3) is 0 Å². The van der Waals surface area contributed by atoms with Crippen molar-refractivity contribution < 1.29 is 53.0 Å². The number of aliphatic hydroxyl groups excluding tert-OH is 1. The molecule has 1 fully saturated rings. The number of cyclic esters (lactones) is 1. The van der Waals surface area contributed by atoms with Crippen LogP contribution in [0.15, 0.2) is 71.6 Å². The lowest BCUT2D eigenvalue weighted by Crippen LogP contribution is -2.59. The van der Waals surface area contributed by atoms with Crippen LogP contribution in [0.25, 0.3) is 0 Å². The van der Waals surface area contributed by atoms with Gasteiger partial charge < -0.3 is 38.6 Å². The Morgan fingerprint density at radius 1 is 0.982 bits per heavy atom. The quantitative estimate of drug-likeness (QED) is 0.107. The highest BCUT2D eigenvalue weighted by Crippen LogP contribution is 2.42. The second-order valence-electron chi connectivity index (χ2n) is 16.0. The van der Waals surface area contributed by atoms with Crippen LogP contribution in [0.1, 0.15) is 102 Å². The van der Waals surface area contributed by atoms with Crippen LogP contribution in [-0.4, -0.2) is 84.8 Å². The molecule has 1 saturated heterocycles. The molecule has 11 nitrogen and oxygen atoms in total. The molecule has 0 spiro atoms. The second-order valence-corrected chi connectivity index (χ2v) is 16.0. The lowest BCUT2D eigenvalue weighted by molar-refractivity contribution is -0.329. The van der Waals surface area contributed by atoms with Gasteiger partial charge in [0.05, 0.1) is 32.2 Å². The Labute approximate surface area is 335 Å². The predicted molar refractivity (Wildman–Crippen MR) is 217 cm³/mol. The summed E-state index contributed by atoms with van der Waals surface area (Å²) in [5.41, 5.74) is 1.72. The lowest BCUT2D eigenvalue weighted by atomic mass is 9.76. The molecule has 12 atom stereocenters. The normalized spacial score (nSPS) is 34.9. The van der Waals surface area contributed by atoms with E-state index in [1.54, 1.807) is 44.2 Å². The third-order valence-corrected chi connectivity index (χ3v) is 11.0. The van der Waals surface area contributed by atoms with Crippen molar-refractivity contribution in [2.24, 2.45) is 35.5 Å². The molecule has 2 aliphatic heterocycles. The van der Waals surface area contributed by atoms with Crippen LogP contribution < -0.4 is 0 Å². The summed E-state index contributed by atoms with van der Waals surface area (Å²) in [6, 6.07) is 0. The molecule has 2 heterocycles. The molecule has 0 saturated carbocycles. The van der Waals surface area contributed by atoms with Gasteiger partial charge in [-0.3, -0.25) is 9.59 Å². The Balaban J connectivity index is 2.56. The minimum Gasteiger partial charge on any atom is -0.490 e. The van der Waals surface area contributed by atoms with Gasteiger partial charge in [-0.25, -0.2) is 4.79 Å². The number of allylic oxidation sites excluding steroid dienone is 7. The maximum atomic E-state index is 13.9. The van der Waals surface area contributed by atoms with Gasteiger partial charge in [0.15, 0.2) is 5.79 Å². The van der Waals surface area contributed by atoms with Gasteiger partial charge in [0.2, 0.25) is 5.76 Å². The average molecular weight is 787 g/mol. The zero-order valence-corrected chi connectivity index (χ0v) is 36.0. The lowest BCUT2D eigenvalue weighted by Gasteiger charge is -2.50. The number of aliphatic hydroxyl groups is 2. The number of hydrogen-bond donors (Lipinski definition) is 2. The van der Waals surface area contributed by atoms with E-state index in [4.69, 9.17) is 28.4 Å². The van der Waals surface area contributed by atoms with E-state index in [1.165, 1.54) is 14.2 Å². The first-order chi connectivity index (χ1) is 26.3. The molecule has 0 aliphatic carbocycles. The summed E-state index contributed by atoms with van der Waals surface area (Å²) < 4.78 is 35.8. The molecule has 0 aromatic heterocycles. The standard InChI is InChI=1S/C45H70O11/c1-14-16-21-38(46)53-37-26-45(50,56-41(27(3)4)32(37)9)34(11)40(48)33(10)43-35(51-12)20-18-19-28(5)23-30(7)42(54-39(47)22-17-15-2)31(8)24-29(6)25-36(52-13)44(49)55-43/h14-20,24-25,27,30-35,37,40-43,48,50H,21-23,26H2,1-13H3/b16-14+,17-15+,20-18+,28-19+,29-24+,36-25-/t30-,31+,32-,33-,34-,35-,37+,40+,41+,42-,43+,45+/m0/s1. The highest BCUT2D eigenvalue weighted by Gasteiger charge is 2.53. The molecule has 0 unspecified atom stereocenters. The van der Waals surface area contributed by atoms with Gasteiger partial charge in [-0.2, -0.15) is 0 Å². The molecule has 56 heavy (non-hydrogen) atoms. The van der Waals surface area contributed by atoms with Crippen LogP contribution in [0.5, 0.6) is 0 Å². The summed E-state index contributed by atoms with van der Waals surface area (Å²) in [6.07, 6.45) is 12.2. The van der Waals surface area contributed by atoms with Crippen LogP contribution in [-0.2, 0) is 42.8 Å². The summed E-state index contributed by atoms with van der Waals surface area (Å²) in [7, 11) is 2.86. The van der Waals surface area contributed by atoms with Crippen LogP contribution in [0.4, 0.5) is 0 Å². The number of ether oxygens (including phenoxy) is 6. The predicted octanol–water partition coefficient (Wildman–Crippen LogP) is 7.73. The Morgan fingerprint density at radius 3 is 2.14 bits per heavy atom. The SMILES string of the molecule is C/C=C/CC(=O)O[C@@H]1[C@H](C)/C=C(C)/C=C(\OC)C(=O)O[C@H]([C@@H](C)[C@@H](O)[C@H](C)[C@@]2(O)C[C@@H](OC(=O)C/C=C/C)[C@H](C)[C@@H](C(C)C)O2)[C@@H](OC)/C=C/C=C(\C)C[C@@H]1C. The van der Waals surface area contributed by atoms with Crippen molar-refractivity contribution in [3.8, 4) is 0 Å². The summed E-state index contributed by atoms with van der Waals surface area (Å²) in [5, 5.41) is 24.2. The van der Waals surface area contributed by atoms with Gasteiger partial charge >= 0.3 is 17.9 Å². The van der Waals surface area contributed by atoms with Gasteiger partial charge in [-0.05, 0) is 52.0 Å². The van der Waals surface area contributed by atoms with Crippen molar-refractivity contribution in [2.75, 3.05) is 14.2 Å². The zero-order chi connectivity index (χ0) is 42.3. The Bertz CT molecular complexity index is 1470. The first kappa shape index (κ1) is 48.6. The van der Waals surface area contributed by atoms with Gasteiger partial charge in [0.1, 0.15) is 24.4 Å². The van der Waals surface area contributed by atoms with E-state index < -0.39 is 66.2 Å². The Morgan fingerprint density at radius 2 is 1.59 bits per heavy atom. The molecule has 0 radical (unpaired) electrons. The number of hydrogen-bond acceptors (Lipinski definition) is 11. The number of rotatable bonds is 13. The minimum atomic E-state index is -1.88. The topological polar surface area (TPSA) is 147 Å². The fourth-order valence-corrected chi connectivity index (χ4v) is 7.73. The van der Waals surface area contributed by atoms with Gasteiger partial charge in [0, 0.05) is 37.2 Å². The molecule has 2 aliphatic rings. The Kier molecular flexibility index (Phi) is 20.0. The summed E-state index contributed by atoms with van der Waals surface area (Å²) in [6.45, 7) is 20.8. The van der Waals surface area contributed by atoms with Crippen molar-refractivity contribution >= 4 is 17.9 Å². The number of carbonyl (C=O) groups excluding carboxylic acids is 3. The van der Waals surface area contributed by atoms with E-state index in [-0.39, 0.29) is 54.7 Å². The molecule has 2 rings (SSSR count). The van der Waals surface area contributed by atoms with E-state index in [0.717, 1.165) is 5.57 Å². The smallest absolute Gasteiger partial charge is 0.373 e. The zero-order valence-electron chi connectivity index (χ0n) is 36.0. The highest BCUT2D eigenvalue weighted by molar-refractivity contribution is 5.87. The van der Waals surface area contributed by atoms with Crippen LogP contribution >= 0.6 is 0 Å². The maximum Gasteiger partial charge on any atom is 0.373 e. The van der Waals surface area contributed by atoms with E-state index in [1.807, 2.05) is 86.6 Å². The van der Waals surface area contributed by atoms with Crippen molar-refractivity contribution in [3.63, 3.8) is 0 Å². The van der Waals surface area contributed by atoms with Gasteiger partial charge in [-0.15, -0.1) is 0 Å². The van der Waals surface area contributed by atoms with Crippen molar-refractivity contribution in [2.45, 2.75) is 144 Å². The largest absolute Gasteiger partial charge is 0.490 e. The Hall–Kier alpha value is -3.51. The minimum absolute atomic E-state index is 0.0317. The summed E-state index contributed by atoms with van der Waals surface area (Å²) >= 11 is 0. The van der Waals surface area contributed by atoms with Crippen LogP contribution in [0.3, 0.4) is 0 Å². The van der Waals surface area contributed by atoms with Crippen LogP contribution in [0.2, 0.25) is 0 Å². The highest BCUT2D eigenvalue weighted by atomic mass is 16.6. The molecule has 2 N–H and O–H groups in total. The first-order valence-corrected chi connectivity index (χ1v) is 20.0. The summed E-state index contributed by atoms with van der Waals surface area (Å²) in [5.74, 6) is -5.68. The third-order valence-electron chi connectivity index (χ3n) is 11.0. The second kappa shape index (κ2) is 23.0. The van der Waals surface area contributed by atoms with Gasteiger partial charge in [-0.1, -0.05) is 108 Å². The molecular weight excluding hydrogens is 716 g/mol. The van der Waals surface area contributed by atoms with E-state index in [2.05, 4.69) is 0 Å². The molecular formula is C45H70O11. The van der Waals surface area contributed by atoms with Crippen molar-refractivity contribution in [1.82, 2.24) is 0 Å². The molecule has 0 aromatic rings. The molecule has 0 aromatic carbocycles. The summed E-state index contributed by atoms with van der Waals surface area (Å²) in [4.78, 5) is 39.3. The first-order valence-electron chi connectivity index (χ1n) is 20.0. The molecule has 0 amide bonds.